The summed E-state index contributed by atoms with van der Waals surface area (Å²) in [5.74, 6) is -2.15. The summed E-state index contributed by atoms with van der Waals surface area (Å²) in [5, 5.41) is 2.60. The standard InChI is InChI=1S/C17H19BrN2O5/c1-8-6-11(18)12(7-9(8)2)19-14(22)13(10(3)21)20-15(23)17(4,5)25-16(20)24/h6-7,13H,1-5H3,(H,19,22). The maximum Gasteiger partial charge on any atom is 0.418 e. The second-order valence-electron chi connectivity index (χ2n) is 6.47. The van der Waals surface area contributed by atoms with Crippen LogP contribution in [0.4, 0.5) is 10.5 Å². The summed E-state index contributed by atoms with van der Waals surface area (Å²) in [5.41, 5.74) is 0.994. The first-order valence-electron chi connectivity index (χ1n) is 7.60. The van der Waals surface area contributed by atoms with Crippen LogP contribution in [0.5, 0.6) is 0 Å². The van der Waals surface area contributed by atoms with Gasteiger partial charge in [0.25, 0.3) is 11.8 Å². The van der Waals surface area contributed by atoms with Gasteiger partial charge in [-0.1, -0.05) is 0 Å². The van der Waals surface area contributed by atoms with Crippen molar-refractivity contribution < 1.29 is 23.9 Å². The lowest BCUT2D eigenvalue weighted by atomic mass is 10.1. The zero-order chi connectivity index (χ0) is 19.1. The first-order valence-corrected chi connectivity index (χ1v) is 8.39. The fourth-order valence-corrected chi connectivity index (χ4v) is 3.03. The number of ketones is 1. The van der Waals surface area contributed by atoms with E-state index in [1.165, 1.54) is 13.8 Å². The van der Waals surface area contributed by atoms with E-state index >= 15 is 0 Å². The van der Waals surface area contributed by atoms with E-state index in [2.05, 4.69) is 21.2 Å². The molecule has 134 valence electrons. The minimum atomic E-state index is -1.59. The van der Waals surface area contributed by atoms with E-state index in [0.717, 1.165) is 18.1 Å². The lowest BCUT2D eigenvalue weighted by Crippen LogP contribution is -2.52. The number of nitrogens with zero attached hydrogens (tertiary/aromatic N) is 1. The van der Waals surface area contributed by atoms with Crippen LogP contribution in [0.2, 0.25) is 0 Å². The minimum Gasteiger partial charge on any atom is -0.433 e. The molecule has 1 aromatic carbocycles. The van der Waals surface area contributed by atoms with Gasteiger partial charge in [0.1, 0.15) is 0 Å². The van der Waals surface area contributed by atoms with Gasteiger partial charge < -0.3 is 10.1 Å². The lowest BCUT2D eigenvalue weighted by molar-refractivity contribution is -0.142. The molecule has 25 heavy (non-hydrogen) atoms. The molecule has 0 aliphatic carbocycles. The fourth-order valence-electron chi connectivity index (χ4n) is 2.47. The second kappa shape index (κ2) is 6.59. The topological polar surface area (TPSA) is 92.8 Å². The highest BCUT2D eigenvalue weighted by Gasteiger charge is 2.53. The number of imide groups is 1. The van der Waals surface area contributed by atoms with E-state index in [1.807, 2.05) is 19.9 Å². The van der Waals surface area contributed by atoms with Gasteiger partial charge in [-0.05, 0) is 73.8 Å². The van der Waals surface area contributed by atoms with Crippen molar-refractivity contribution in [2.24, 2.45) is 0 Å². The van der Waals surface area contributed by atoms with Gasteiger partial charge in [-0.15, -0.1) is 0 Å². The number of carbonyl (C=O) groups excluding carboxylic acids is 4. The Morgan fingerprint density at radius 1 is 1.20 bits per heavy atom. The molecule has 8 heteroatoms. The summed E-state index contributed by atoms with van der Waals surface area (Å²) >= 11 is 3.35. The maximum atomic E-state index is 12.6. The molecule has 0 bridgehead atoms. The maximum absolute atomic E-state index is 12.6. The Morgan fingerprint density at radius 2 is 1.76 bits per heavy atom. The first kappa shape index (κ1) is 19.1. The van der Waals surface area contributed by atoms with Crippen molar-refractivity contribution in [3.8, 4) is 0 Å². The predicted octanol–water partition coefficient (Wildman–Crippen LogP) is 2.72. The molecule has 1 aliphatic rings. The molecule has 1 aromatic rings. The van der Waals surface area contributed by atoms with Crippen molar-refractivity contribution in [1.82, 2.24) is 4.90 Å². The molecule has 0 saturated carbocycles. The number of Topliss-reactive ketones (excluding diaryl/α,β-unsaturated/α-hetero) is 1. The van der Waals surface area contributed by atoms with Crippen LogP contribution in [-0.4, -0.2) is 40.2 Å². The van der Waals surface area contributed by atoms with E-state index in [1.54, 1.807) is 6.07 Å². The molecular weight excluding hydrogens is 392 g/mol. The number of nitrogens with one attached hydrogen (secondary N) is 1. The molecule has 0 radical (unpaired) electrons. The minimum absolute atomic E-state index is 0.443. The lowest BCUT2D eigenvalue weighted by Gasteiger charge is -2.22. The van der Waals surface area contributed by atoms with Crippen LogP contribution in [0.3, 0.4) is 0 Å². The van der Waals surface area contributed by atoms with Crippen molar-refractivity contribution in [3.05, 3.63) is 27.7 Å². The second-order valence-corrected chi connectivity index (χ2v) is 7.33. The molecule has 1 N–H and O–H groups in total. The number of carbonyl (C=O) groups is 4. The third-order valence-corrected chi connectivity index (χ3v) is 4.66. The van der Waals surface area contributed by atoms with Gasteiger partial charge in [0.05, 0.1) is 5.69 Å². The monoisotopic (exact) mass is 410 g/mol. The third kappa shape index (κ3) is 3.58. The number of amides is 3. The molecule has 1 heterocycles. The van der Waals surface area contributed by atoms with Crippen LogP contribution in [0, 0.1) is 13.8 Å². The highest BCUT2D eigenvalue weighted by molar-refractivity contribution is 9.10. The molecule has 3 amide bonds. The Labute approximate surface area is 153 Å². The number of hydrogen-bond acceptors (Lipinski definition) is 5. The van der Waals surface area contributed by atoms with Gasteiger partial charge >= 0.3 is 6.09 Å². The molecule has 0 aromatic heterocycles. The number of anilines is 1. The SMILES string of the molecule is CC(=O)C(C(=O)Nc1cc(C)c(C)cc1Br)N1C(=O)OC(C)(C)C1=O. The average molecular weight is 411 g/mol. The normalized spacial score (nSPS) is 17.3. The summed E-state index contributed by atoms with van der Waals surface area (Å²) < 4.78 is 5.59. The molecule has 2 rings (SSSR count). The molecule has 1 unspecified atom stereocenters. The number of halogens is 1. The number of aryl methyl sites for hydroxylation is 2. The van der Waals surface area contributed by atoms with Crippen molar-refractivity contribution in [3.63, 3.8) is 0 Å². The van der Waals surface area contributed by atoms with Gasteiger partial charge in [-0.3, -0.25) is 14.4 Å². The summed E-state index contributed by atoms with van der Waals surface area (Å²) in [7, 11) is 0. The Morgan fingerprint density at radius 3 is 2.24 bits per heavy atom. The van der Waals surface area contributed by atoms with Gasteiger partial charge in [0, 0.05) is 4.47 Å². The quantitative estimate of drug-likeness (QED) is 0.770. The van der Waals surface area contributed by atoms with Crippen LogP contribution in [-0.2, 0) is 19.1 Å². The number of benzene rings is 1. The summed E-state index contributed by atoms with van der Waals surface area (Å²) in [6, 6.07) is 1.98. The van der Waals surface area contributed by atoms with E-state index in [4.69, 9.17) is 4.74 Å². The van der Waals surface area contributed by atoms with Crippen LogP contribution >= 0.6 is 15.9 Å². The summed E-state index contributed by atoms with van der Waals surface area (Å²) in [6.07, 6.45) is -1.01. The van der Waals surface area contributed by atoms with E-state index in [0.29, 0.717) is 15.1 Å². The number of ether oxygens (including phenoxy) is 1. The Balaban J connectivity index is 2.34. The first-order chi connectivity index (χ1) is 11.5. The number of rotatable bonds is 4. The fraction of sp³-hybridized carbons (Fsp3) is 0.412. The zero-order valence-corrected chi connectivity index (χ0v) is 16.2. The van der Waals surface area contributed by atoms with Crippen LogP contribution < -0.4 is 5.32 Å². The van der Waals surface area contributed by atoms with E-state index in [9.17, 15) is 19.2 Å². The highest BCUT2D eigenvalue weighted by Crippen LogP contribution is 2.29. The van der Waals surface area contributed by atoms with Gasteiger partial charge in [0.15, 0.2) is 17.4 Å². The van der Waals surface area contributed by atoms with Crippen LogP contribution in [0.25, 0.3) is 0 Å². The van der Waals surface area contributed by atoms with Crippen LogP contribution in [0.1, 0.15) is 31.9 Å². The Hall–Kier alpha value is -2.22. The zero-order valence-electron chi connectivity index (χ0n) is 14.6. The molecule has 1 saturated heterocycles. The molecule has 0 spiro atoms. The molecule has 1 fully saturated rings. The summed E-state index contributed by atoms with van der Waals surface area (Å²) in [4.78, 5) is 49.6. The number of hydrogen-bond donors (Lipinski definition) is 1. The van der Waals surface area contributed by atoms with Crippen LogP contribution in [0.15, 0.2) is 16.6 Å². The predicted molar refractivity (Wildman–Crippen MR) is 94.1 cm³/mol. The highest BCUT2D eigenvalue weighted by atomic mass is 79.9. The third-order valence-electron chi connectivity index (χ3n) is 4.01. The van der Waals surface area contributed by atoms with Crippen molar-refractivity contribution in [1.29, 1.82) is 0 Å². The van der Waals surface area contributed by atoms with Crippen molar-refractivity contribution >= 4 is 45.3 Å². The molecule has 1 aliphatic heterocycles. The summed E-state index contributed by atoms with van der Waals surface area (Å²) in [6.45, 7) is 7.75. The van der Waals surface area contributed by atoms with Gasteiger partial charge in [-0.25, -0.2) is 9.69 Å². The average Bonchev–Trinajstić information content (AvgIpc) is 2.66. The smallest absolute Gasteiger partial charge is 0.418 e. The van der Waals surface area contributed by atoms with Gasteiger partial charge in [-0.2, -0.15) is 0 Å². The molecule has 7 nitrogen and oxygen atoms in total. The van der Waals surface area contributed by atoms with E-state index in [-0.39, 0.29) is 0 Å². The Bertz CT molecular complexity index is 787. The van der Waals surface area contributed by atoms with E-state index < -0.39 is 35.3 Å². The van der Waals surface area contributed by atoms with Crippen molar-refractivity contribution in [2.45, 2.75) is 46.3 Å². The van der Waals surface area contributed by atoms with Gasteiger partial charge in [0.2, 0.25) is 0 Å². The van der Waals surface area contributed by atoms with Crippen molar-refractivity contribution in [2.75, 3.05) is 5.32 Å². The molecular formula is C17H19BrN2O5. The Kier molecular flexibility index (Phi) is 5.04. The molecule has 1 atom stereocenters. The number of cyclic esters (lactones) is 1. The largest absolute Gasteiger partial charge is 0.433 e.